The van der Waals surface area contributed by atoms with Gasteiger partial charge < -0.3 is 9.64 Å². The van der Waals surface area contributed by atoms with Crippen LogP contribution in [0.15, 0.2) is 59.7 Å². The van der Waals surface area contributed by atoms with E-state index in [2.05, 4.69) is 4.98 Å². The maximum atomic E-state index is 12.6. The van der Waals surface area contributed by atoms with Crippen LogP contribution < -0.4 is 5.56 Å². The summed E-state index contributed by atoms with van der Waals surface area (Å²) in [6, 6.07) is 14.3. The van der Waals surface area contributed by atoms with Gasteiger partial charge >= 0.3 is 0 Å². The van der Waals surface area contributed by atoms with E-state index in [-0.39, 0.29) is 11.5 Å². The van der Waals surface area contributed by atoms with Crippen LogP contribution in [0.5, 0.6) is 0 Å². The summed E-state index contributed by atoms with van der Waals surface area (Å²) < 4.78 is 6.76. The molecule has 0 spiro atoms. The fraction of sp³-hybridized carbons (Fsp3) is 0.211. The molecule has 1 amide bonds. The van der Waals surface area contributed by atoms with Gasteiger partial charge in [-0.25, -0.2) is 4.98 Å². The van der Waals surface area contributed by atoms with Crippen molar-refractivity contribution in [3.8, 4) is 5.69 Å². The Bertz CT molecular complexity index is 973. The van der Waals surface area contributed by atoms with Crippen molar-refractivity contribution in [2.75, 3.05) is 26.3 Å². The van der Waals surface area contributed by atoms with Crippen LogP contribution in [0.3, 0.4) is 0 Å². The quantitative estimate of drug-likeness (QED) is 0.717. The topological polar surface area (TPSA) is 64.4 Å². The first-order valence-electron chi connectivity index (χ1n) is 8.18. The molecular weight excluding hydrogens is 318 g/mol. The van der Waals surface area contributed by atoms with Crippen LogP contribution in [-0.4, -0.2) is 46.7 Å². The Kier molecular flexibility index (Phi) is 4.03. The van der Waals surface area contributed by atoms with Crippen LogP contribution in [0, 0.1) is 0 Å². The summed E-state index contributed by atoms with van der Waals surface area (Å²) in [7, 11) is 0. The number of aromatic nitrogens is 2. The molecule has 0 aliphatic carbocycles. The number of para-hydroxylation sites is 1. The van der Waals surface area contributed by atoms with Gasteiger partial charge in [0.15, 0.2) is 0 Å². The summed E-state index contributed by atoms with van der Waals surface area (Å²) in [5.41, 5.74) is 1.83. The van der Waals surface area contributed by atoms with Gasteiger partial charge in [0.05, 0.1) is 29.8 Å². The standard InChI is InChI=1S/C19H17N3O3/c23-18(21-9-11-25-12-10-21)14-5-7-15(8-6-14)22-13-20-17-4-2-1-3-16(17)19(22)24/h1-8,13H,9-12H2. The Morgan fingerprint density at radius 1 is 1.00 bits per heavy atom. The first-order valence-corrected chi connectivity index (χ1v) is 8.18. The lowest BCUT2D eigenvalue weighted by Gasteiger charge is -2.26. The molecule has 0 N–H and O–H groups in total. The summed E-state index contributed by atoms with van der Waals surface area (Å²) in [4.78, 5) is 31.2. The molecule has 2 aromatic carbocycles. The van der Waals surface area contributed by atoms with E-state index >= 15 is 0 Å². The fourth-order valence-corrected chi connectivity index (χ4v) is 2.97. The molecule has 1 aromatic heterocycles. The zero-order chi connectivity index (χ0) is 17.2. The molecule has 0 unspecified atom stereocenters. The van der Waals surface area contributed by atoms with E-state index < -0.39 is 0 Å². The smallest absolute Gasteiger partial charge is 0.265 e. The van der Waals surface area contributed by atoms with Crippen molar-refractivity contribution in [3.63, 3.8) is 0 Å². The summed E-state index contributed by atoms with van der Waals surface area (Å²) in [5, 5.41) is 0.568. The molecule has 0 bridgehead atoms. The number of benzene rings is 2. The average molecular weight is 335 g/mol. The van der Waals surface area contributed by atoms with Crippen LogP contribution >= 0.6 is 0 Å². The monoisotopic (exact) mass is 335 g/mol. The van der Waals surface area contributed by atoms with Crippen LogP contribution in [0.4, 0.5) is 0 Å². The maximum Gasteiger partial charge on any atom is 0.265 e. The van der Waals surface area contributed by atoms with Gasteiger partial charge in [0.1, 0.15) is 6.33 Å². The zero-order valence-corrected chi connectivity index (χ0v) is 13.6. The van der Waals surface area contributed by atoms with Crippen molar-refractivity contribution in [2.24, 2.45) is 0 Å². The third-order valence-corrected chi connectivity index (χ3v) is 4.36. The van der Waals surface area contributed by atoms with Crippen molar-refractivity contribution >= 4 is 16.8 Å². The lowest BCUT2D eigenvalue weighted by Crippen LogP contribution is -2.40. The minimum absolute atomic E-state index is 0.0150. The Labute approximate surface area is 144 Å². The number of hydrogen-bond acceptors (Lipinski definition) is 4. The van der Waals surface area contributed by atoms with E-state index in [0.29, 0.717) is 48.5 Å². The molecule has 1 aliphatic heterocycles. The number of amides is 1. The number of hydrogen-bond donors (Lipinski definition) is 0. The number of rotatable bonds is 2. The molecule has 25 heavy (non-hydrogen) atoms. The zero-order valence-electron chi connectivity index (χ0n) is 13.6. The Hall–Kier alpha value is -2.99. The molecule has 6 heteroatoms. The Morgan fingerprint density at radius 3 is 2.48 bits per heavy atom. The summed E-state index contributed by atoms with van der Waals surface area (Å²) in [6.45, 7) is 2.35. The van der Waals surface area contributed by atoms with Crippen molar-refractivity contribution in [3.05, 3.63) is 70.8 Å². The summed E-state index contributed by atoms with van der Waals surface area (Å²) >= 11 is 0. The highest BCUT2D eigenvalue weighted by Gasteiger charge is 2.18. The van der Waals surface area contributed by atoms with Gasteiger partial charge in [-0.15, -0.1) is 0 Å². The molecule has 2 heterocycles. The molecule has 0 radical (unpaired) electrons. The third kappa shape index (κ3) is 2.92. The molecule has 4 rings (SSSR count). The largest absolute Gasteiger partial charge is 0.378 e. The number of fused-ring (bicyclic) bond motifs is 1. The number of carbonyl (C=O) groups is 1. The second kappa shape index (κ2) is 6.49. The first-order chi connectivity index (χ1) is 12.2. The highest BCUT2D eigenvalue weighted by Crippen LogP contribution is 2.13. The molecule has 1 aliphatic rings. The van der Waals surface area contributed by atoms with Crippen molar-refractivity contribution in [1.82, 2.24) is 14.5 Å². The van der Waals surface area contributed by atoms with Crippen molar-refractivity contribution in [1.29, 1.82) is 0 Å². The molecule has 1 saturated heterocycles. The van der Waals surface area contributed by atoms with Gasteiger partial charge in [-0.1, -0.05) is 12.1 Å². The minimum atomic E-state index is -0.127. The van der Waals surface area contributed by atoms with Crippen LogP contribution in [-0.2, 0) is 4.74 Å². The third-order valence-electron chi connectivity index (χ3n) is 4.36. The van der Waals surface area contributed by atoms with E-state index in [1.807, 2.05) is 18.2 Å². The highest BCUT2D eigenvalue weighted by molar-refractivity contribution is 5.94. The molecule has 6 nitrogen and oxygen atoms in total. The predicted octanol–water partition coefficient (Wildman–Crippen LogP) is 1.86. The highest BCUT2D eigenvalue weighted by atomic mass is 16.5. The van der Waals surface area contributed by atoms with Crippen LogP contribution in [0.1, 0.15) is 10.4 Å². The molecular formula is C19H17N3O3. The molecule has 0 atom stereocenters. The Balaban J connectivity index is 1.65. The SMILES string of the molecule is O=C(c1ccc(-n2cnc3ccccc3c2=O)cc1)N1CCOCC1. The van der Waals surface area contributed by atoms with Gasteiger partial charge in [-0.3, -0.25) is 14.2 Å². The normalized spacial score (nSPS) is 14.6. The van der Waals surface area contributed by atoms with Crippen LogP contribution in [0.2, 0.25) is 0 Å². The van der Waals surface area contributed by atoms with E-state index in [1.165, 1.54) is 10.9 Å². The van der Waals surface area contributed by atoms with E-state index in [9.17, 15) is 9.59 Å². The summed E-state index contributed by atoms with van der Waals surface area (Å²) in [6.07, 6.45) is 1.52. The molecule has 126 valence electrons. The van der Waals surface area contributed by atoms with E-state index in [4.69, 9.17) is 4.74 Å². The number of ether oxygens (including phenoxy) is 1. The molecule has 0 saturated carbocycles. The number of carbonyl (C=O) groups excluding carboxylic acids is 1. The average Bonchev–Trinajstić information content (AvgIpc) is 2.69. The Morgan fingerprint density at radius 2 is 1.72 bits per heavy atom. The van der Waals surface area contributed by atoms with Gasteiger partial charge in [0.2, 0.25) is 0 Å². The predicted molar refractivity (Wildman–Crippen MR) is 94.1 cm³/mol. The van der Waals surface area contributed by atoms with Gasteiger partial charge in [-0.2, -0.15) is 0 Å². The maximum absolute atomic E-state index is 12.6. The second-order valence-corrected chi connectivity index (χ2v) is 5.89. The summed E-state index contributed by atoms with van der Waals surface area (Å²) in [5.74, 6) is -0.0150. The second-order valence-electron chi connectivity index (χ2n) is 5.89. The van der Waals surface area contributed by atoms with Gasteiger partial charge in [0, 0.05) is 18.7 Å². The number of nitrogens with zero attached hydrogens (tertiary/aromatic N) is 3. The first kappa shape index (κ1) is 15.5. The van der Waals surface area contributed by atoms with Crippen molar-refractivity contribution in [2.45, 2.75) is 0 Å². The van der Waals surface area contributed by atoms with E-state index in [0.717, 1.165) is 0 Å². The van der Waals surface area contributed by atoms with Crippen molar-refractivity contribution < 1.29 is 9.53 Å². The van der Waals surface area contributed by atoms with Gasteiger partial charge in [-0.05, 0) is 36.4 Å². The van der Waals surface area contributed by atoms with E-state index in [1.54, 1.807) is 35.2 Å². The van der Waals surface area contributed by atoms with Crippen LogP contribution in [0.25, 0.3) is 16.6 Å². The molecule has 3 aromatic rings. The minimum Gasteiger partial charge on any atom is -0.378 e. The fourth-order valence-electron chi connectivity index (χ4n) is 2.97. The van der Waals surface area contributed by atoms with Gasteiger partial charge in [0.25, 0.3) is 11.5 Å². The molecule has 1 fully saturated rings. The lowest BCUT2D eigenvalue weighted by atomic mass is 10.1. The number of morpholine rings is 1. The lowest BCUT2D eigenvalue weighted by molar-refractivity contribution is 0.0303.